The van der Waals surface area contributed by atoms with Crippen molar-refractivity contribution in [3.05, 3.63) is 34.9 Å². The molecule has 2 fully saturated rings. The van der Waals surface area contributed by atoms with E-state index in [1.165, 1.54) is 11.9 Å². The average molecular weight is 515 g/mol. The van der Waals surface area contributed by atoms with Crippen LogP contribution < -0.4 is 5.32 Å². The molecule has 2 N–H and O–H groups in total. The zero-order valence-electron chi connectivity index (χ0n) is 18.3. The molecule has 12 heteroatoms. The Balaban J connectivity index is 1.49. The standard InChI is InChI=1S/C22H25F7N2O2S/c1-34-31-10-19(33,11-31)9-30-18(32)17-7-6-15-14-5-3-13(8-12(14)2-4-16(15)17)20(23,21(24,25)26)22(27,28)29/h3,5,8,15-17,33H,2,4,6-7,9-11H2,1H3,(H,30,32)/t15?,16?,17-/m1/s1. The van der Waals surface area contributed by atoms with E-state index in [1.54, 1.807) is 0 Å². The van der Waals surface area contributed by atoms with Crippen LogP contribution in [0.1, 0.15) is 41.9 Å². The Morgan fingerprint density at radius 2 is 1.76 bits per heavy atom. The van der Waals surface area contributed by atoms with Gasteiger partial charge in [0, 0.05) is 31.1 Å². The second-order valence-electron chi connectivity index (χ2n) is 9.48. The Hall–Kier alpha value is -1.53. The number of fused-ring (bicyclic) bond motifs is 3. The van der Waals surface area contributed by atoms with E-state index >= 15 is 0 Å². The number of nitrogens with one attached hydrogen (secondary N) is 1. The largest absolute Gasteiger partial charge is 0.435 e. The summed E-state index contributed by atoms with van der Waals surface area (Å²) in [5, 5.41) is 13.2. The van der Waals surface area contributed by atoms with Crippen LogP contribution in [0.3, 0.4) is 0 Å². The predicted octanol–water partition coefficient (Wildman–Crippen LogP) is 4.47. The maximum atomic E-state index is 14.5. The zero-order chi connectivity index (χ0) is 25.1. The molecule has 3 aliphatic rings. The highest BCUT2D eigenvalue weighted by Gasteiger charge is 2.73. The van der Waals surface area contributed by atoms with Crippen LogP contribution in [0.15, 0.2) is 18.2 Å². The summed E-state index contributed by atoms with van der Waals surface area (Å²) in [6.45, 7) is 0.990. The molecule has 0 radical (unpaired) electrons. The highest BCUT2D eigenvalue weighted by atomic mass is 32.2. The lowest BCUT2D eigenvalue weighted by atomic mass is 9.73. The molecule has 0 spiro atoms. The highest BCUT2D eigenvalue weighted by molar-refractivity contribution is 7.96. The van der Waals surface area contributed by atoms with E-state index in [0.29, 0.717) is 50.0 Å². The van der Waals surface area contributed by atoms with E-state index in [0.717, 1.165) is 6.07 Å². The Morgan fingerprint density at radius 3 is 2.35 bits per heavy atom. The van der Waals surface area contributed by atoms with Crippen LogP contribution in [0, 0.1) is 11.8 Å². The SMILES string of the molecule is CSN1CC(O)(CNC(=O)[C@@H]2CCC3c4ccc(C(F)(C(F)(F)F)C(F)(F)F)cc4CCC32)C1. The van der Waals surface area contributed by atoms with E-state index in [4.69, 9.17) is 0 Å². The number of hydrogen-bond acceptors (Lipinski definition) is 4. The van der Waals surface area contributed by atoms with Gasteiger partial charge < -0.3 is 10.4 Å². The van der Waals surface area contributed by atoms with Gasteiger partial charge in [-0.25, -0.2) is 8.70 Å². The third-order valence-corrected chi connectivity index (χ3v) is 8.19. The summed E-state index contributed by atoms with van der Waals surface area (Å²) in [6.07, 6.45) is -8.77. The maximum absolute atomic E-state index is 14.5. The van der Waals surface area contributed by atoms with Crippen molar-refractivity contribution in [3.63, 3.8) is 0 Å². The zero-order valence-corrected chi connectivity index (χ0v) is 19.1. The molecule has 1 amide bonds. The molecular weight excluding hydrogens is 489 g/mol. The molecule has 34 heavy (non-hydrogen) atoms. The summed E-state index contributed by atoms with van der Waals surface area (Å²) in [6, 6.07) is 2.41. The number of β-amino-alcohol motifs (C(OH)–C–C–N with tert-alkyl or cyclic N) is 1. The van der Waals surface area contributed by atoms with Crippen molar-refractivity contribution in [2.45, 2.75) is 55.2 Å². The van der Waals surface area contributed by atoms with E-state index in [1.807, 2.05) is 10.6 Å². The molecule has 1 aromatic rings. The van der Waals surface area contributed by atoms with E-state index in [9.17, 15) is 40.6 Å². The first-order valence-corrected chi connectivity index (χ1v) is 12.1. The Bertz CT molecular complexity index is 932. The van der Waals surface area contributed by atoms with Gasteiger partial charge in [-0.1, -0.05) is 30.1 Å². The predicted molar refractivity (Wildman–Crippen MR) is 112 cm³/mol. The summed E-state index contributed by atoms with van der Waals surface area (Å²) in [7, 11) is 0. The molecule has 2 aliphatic carbocycles. The molecule has 2 unspecified atom stereocenters. The average Bonchev–Trinajstić information content (AvgIpc) is 3.17. The first-order valence-electron chi connectivity index (χ1n) is 10.9. The van der Waals surface area contributed by atoms with Crippen molar-refractivity contribution in [1.82, 2.24) is 9.62 Å². The molecule has 1 aromatic carbocycles. The number of amides is 1. The van der Waals surface area contributed by atoms with Crippen LogP contribution in [0.2, 0.25) is 0 Å². The summed E-state index contributed by atoms with van der Waals surface area (Å²) in [4.78, 5) is 12.8. The molecule has 4 nitrogen and oxygen atoms in total. The number of aryl methyl sites for hydroxylation is 1. The monoisotopic (exact) mass is 514 g/mol. The fourth-order valence-electron chi connectivity index (χ4n) is 5.62. The van der Waals surface area contributed by atoms with Crippen LogP contribution in [0.4, 0.5) is 30.7 Å². The first kappa shape index (κ1) is 25.6. The van der Waals surface area contributed by atoms with Gasteiger partial charge in [-0.15, -0.1) is 0 Å². The minimum absolute atomic E-state index is 0.113. The lowest BCUT2D eigenvalue weighted by molar-refractivity contribution is -0.348. The van der Waals surface area contributed by atoms with Gasteiger partial charge in [0.15, 0.2) is 0 Å². The molecule has 1 aliphatic heterocycles. The number of nitrogens with zero attached hydrogens (tertiary/aromatic N) is 1. The van der Waals surface area contributed by atoms with Crippen molar-refractivity contribution in [1.29, 1.82) is 0 Å². The van der Waals surface area contributed by atoms with Crippen molar-refractivity contribution in [2.75, 3.05) is 25.9 Å². The molecule has 3 atom stereocenters. The third kappa shape index (κ3) is 4.19. The van der Waals surface area contributed by atoms with Gasteiger partial charge in [0.05, 0.1) is 0 Å². The lowest BCUT2D eigenvalue weighted by Crippen LogP contribution is -2.64. The van der Waals surface area contributed by atoms with Crippen LogP contribution in [0.5, 0.6) is 0 Å². The lowest BCUT2D eigenvalue weighted by Gasteiger charge is -2.45. The molecule has 4 rings (SSSR count). The summed E-state index contributed by atoms with van der Waals surface area (Å²) < 4.78 is 95.3. The van der Waals surface area contributed by atoms with Crippen molar-refractivity contribution in [3.8, 4) is 0 Å². The second kappa shape index (κ2) is 8.55. The van der Waals surface area contributed by atoms with Crippen molar-refractivity contribution in [2.24, 2.45) is 11.8 Å². The van der Waals surface area contributed by atoms with Crippen LogP contribution >= 0.6 is 11.9 Å². The van der Waals surface area contributed by atoms with Gasteiger partial charge in [-0.3, -0.25) is 4.79 Å². The maximum Gasteiger partial charge on any atom is 0.435 e. The number of carbonyl (C=O) groups is 1. The topological polar surface area (TPSA) is 52.6 Å². The fourth-order valence-corrected chi connectivity index (χ4v) is 6.36. The fraction of sp³-hybridized carbons (Fsp3) is 0.682. The van der Waals surface area contributed by atoms with E-state index in [2.05, 4.69) is 5.32 Å². The first-order chi connectivity index (χ1) is 15.7. The minimum atomic E-state index is -6.15. The number of halogens is 7. The second-order valence-corrected chi connectivity index (χ2v) is 10.4. The molecule has 190 valence electrons. The Morgan fingerprint density at radius 1 is 1.12 bits per heavy atom. The van der Waals surface area contributed by atoms with Crippen molar-refractivity contribution >= 4 is 17.9 Å². The summed E-state index contributed by atoms with van der Waals surface area (Å²) in [5.41, 5.74) is -7.06. The smallest absolute Gasteiger partial charge is 0.385 e. The number of rotatable bonds is 5. The number of benzene rings is 1. The molecule has 1 saturated carbocycles. The van der Waals surface area contributed by atoms with Crippen molar-refractivity contribution < 1.29 is 40.6 Å². The van der Waals surface area contributed by atoms with Crippen LogP contribution in [-0.2, 0) is 16.9 Å². The Labute approximate surface area is 196 Å². The van der Waals surface area contributed by atoms with E-state index < -0.39 is 29.2 Å². The molecule has 1 heterocycles. The third-order valence-electron chi connectivity index (χ3n) is 7.42. The van der Waals surface area contributed by atoms with Gasteiger partial charge in [0.1, 0.15) is 5.60 Å². The number of carbonyl (C=O) groups excluding carboxylic acids is 1. The highest BCUT2D eigenvalue weighted by Crippen LogP contribution is 2.55. The van der Waals surface area contributed by atoms with Gasteiger partial charge in [-0.2, -0.15) is 26.3 Å². The minimum Gasteiger partial charge on any atom is -0.385 e. The quantitative estimate of drug-likeness (QED) is 0.450. The van der Waals surface area contributed by atoms with Gasteiger partial charge in [-0.05, 0) is 54.9 Å². The van der Waals surface area contributed by atoms with Gasteiger partial charge in [0.2, 0.25) is 5.91 Å². The summed E-state index contributed by atoms with van der Waals surface area (Å²) in [5.74, 6) is -0.875. The van der Waals surface area contributed by atoms with Crippen LogP contribution in [0.25, 0.3) is 0 Å². The van der Waals surface area contributed by atoms with E-state index in [-0.39, 0.29) is 42.2 Å². The van der Waals surface area contributed by atoms with Gasteiger partial charge >= 0.3 is 18.0 Å². The molecular formula is C22H25F7N2O2S. The Kier molecular flexibility index (Phi) is 6.42. The van der Waals surface area contributed by atoms with Gasteiger partial charge in [0.25, 0.3) is 0 Å². The van der Waals surface area contributed by atoms with Crippen LogP contribution in [-0.4, -0.2) is 59.2 Å². The molecule has 0 aromatic heterocycles. The number of aliphatic hydroxyl groups is 1. The normalized spacial score (nSPS) is 27.0. The molecule has 0 bridgehead atoms. The number of alkyl halides is 7. The molecule has 1 saturated heterocycles. The summed E-state index contributed by atoms with van der Waals surface area (Å²) >= 11 is 1.50. The number of hydrogen-bond donors (Lipinski definition) is 2.